The van der Waals surface area contributed by atoms with Gasteiger partial charge in [0.2, 0.25) is 0 Å². The fourth-order valence-corrected chi connectivity index (χ4v) is 5.04. The molecule has 1 heterocycles. The first kappa shape index (κ1) is 30.2. The van der Waals surface area contributed by atoms with E-state index in [1.54, 1.807) is 33.6 Å². The van der Waals surface area contributed by atoms with Crippen LogP contribution in [0.15, 0.2) is 107 Å². The Morgan fingerprint density at radius 3 is 2.23 bits per heavy atom. The van der Waals surface area contributed by atoms with Gasteiger partial charge in [-0.3, -0.25) is 9.36 Å². The highest BCUT2D eigenvalue weighted by Crippen LogP contribution is 2.34. The summed E-state index contributed by atoms with van der Waals surface area (Å²) in [4.78, 5) is 12.7. The maximum absolute atomic E-state index is 12.7. The number of nitrogens with zero attached hydrogens (tertiary/aromatic N) is 4. The highest BCUT2D eigenvalue weighted by Gasteiger charge is 2.19. The summed E-state index contributed by atoms with van der Waals surface area (Å²) in [6, 6.07) is 30.5. The molecule has 1 aromatic heterocycles. The van der Waals surface area contributed by atoms with Gasteiger partial charge in [0.1, 0.15) is 6.61 Å². The summed E-state index contributed by atoms with van der Waals surface area (Å²) < 4.78 is 24.2. The molecule has 224 valence electrons. The number of carbonyl (C=O) groups excluding carboxylic acids is 1. The lowest BCUT2D eigenvalue weighted by atomic mass is 10.2. The Morgan fingerprint density at radius 2 is 1.50 bits per heavy atom. The molecule has 5 rings (SSSR count). The second kappa shape index (κ2) is 14.7. The van der Waals surface area contributed by atoms with Crippen LogP contribution in [-0.2, 0) is 11.4 Å². The van der Waals surface area contributed by atoms with Gasteiger partial charge in [-0.25, -0.2) is 5.43 Å². The zero-order chi connectivity index (χ0) is 30.7. The largest absolute Gasteiger partial charge is 0.493 e. The number of hydrazone groups is 1. The Morgan fingerprint density at radius 1 is 0.818 bits per heavy atom. The van der Waals surface area contributed by atoms with Gasteiger partial charge in [-0.05, 0) is 59.7 Å². The lowest BCUT2D eigenvalue weighted by Crippen LogP contribution is -2.20. The Labute approximate surface area is 259 Å². The van der Waals surface area contributed by atoms with Gasteiger partial charge >= 0.3 is 0 Å². The van der Waals surface area contributed by atoms with E-state index >= 15 is 0 Å². The average molecular weight is 610 g/mol. The minimum Gasteiger partial charge on any atom is -0.493 e. The first-order chi connectivity index (χ1) is 21.6. The number of carbonyl (C=O) groups is 1. The zero-order valence-corrected chi connectivity index (χ0v) is 25.3. The van der Waals surface area contributed by atoms with Gasteiger partial charge in [0.15, 0.2) is 34.0 Å². The third-order valence-corrected chi connectivity index (χ3v) is 7.38. The number of aromatic nitrogens is 3. The van der Waals surface area contributed by atoms with Gasteiger partial charge in [0, 0.05) is 11.3 Å². The summed E-state index contributed by atoms with van der Waals surface area (Å²) in [6.07, 6.45) is 1.55. The predicted molar refractivity (Wildman–Crippen MR) is 170 cm³/mol. The monoisotopic (exact) mass is 609 g/mol. The van der Waals surface area contributed by atoms with Crippen LogP contribution in [0.1, 0.15) is 11.1 Å². The molecule has 0 radical (unpaired) electrons. The third kappa shape index (κ3) is 7.37. The van der Waals surface area contributed by atoms with E-state index in [-0.39, 0.29) is 11.7 Å². The molecule has 0 fully saturated rings. The molecule has 0 atom stereocenters. The van der Waals surface area contributed by atoms with Crippen molar-refractivity contribution in [2.75, 3.05) is 27.1 Å². The van der Waals surface area contributed by atoms with Crippen LogP contribution in [0.25, 0.3) is 17.1 Å². The molecule has 1 N–H and O–H groups in total. The van der Waals surface area contributed by atoms with Crippen molar-refractivity contribution in [3.63, 3.8) is 0 Å². The summed E-state index contributed by atoms with van der Waals surface area (Å²) >= 11 is 1.25. The number of benzene rings is 4. The normalized spacial score (nSPS) is 10.9. The molecule has 0 saturated carbocycles. The average Bonchev–Trinajstić information content (AvgIpc) is 3.51. The number of amides is 1. The van der Waals surface area contributed by atoms with E-state index in [2.05, 4.69) is 20.7 Å². The molecule has 5 aromatic rings. The highest BCUT2D eigenvalue weighted by molar-refractivity contribution is 7.99. The van der Waals surface area contributed by atoms with Crippen molar-refractivity contribution >= 4 is 23.9 Å². The number of methoxy groups -OCH3 is 3. The van der Waals surface area contributed by atoms with E-state index in [0.717, 1.165) is 22.4 Å². The summed E-state index contributed by atoms with van der Waals surface area (Å²) in [5.41, 5.74) is 6.00. The molecule has 0 aliphatic heterocycles. The lowest BCUT2D eigenvalue weighted by Gasteiger charge is -2.12. The third-order valence-electron chi connectivity index (χ3n) is 6.45. The molecule has 10 nitrogen and oxygen atoms in total. The minimum absolute atomic E-state index is 0.0717. The van der Waals surface area contributed by atoms with Crippen LogP contribution in [0.2, 0.25) is 0 Å². The number of hydrogen-bond acceptors (Lipinski definition) is 9. The smallest absolute Gasteiger partial charge is 0.250 e. The zero-order valence-electron chi connectivity index (χ0n) is 24.5. The Hall–Kier alpha value is -5.29. The van der Waals surface area contributed by atoms with E-state index < -0.39 is 0 Å². The molecular weight excluding hydrogens is 578 g/mol. The van der Waals surface area contributed by atoms with Crippen molar-refractivity contribution in [2.24, 2.45) is 5.10 Å². The van der Waals surface area contributed by atoms with Crippen molar-refractivity contribution < 1.29 is 23.7 Å². The van der Waals surface area contributed by atoms with Gasteiger partial charge in [-0.15, -0.1) is 10.2 Å². The van der Waals surface area contributed by atoms with Crippen molar-refractivity contribution in [3.05, 3.63) is 108 Å². The maximum Gasteiger partial charge on any atom is 0.250 e. The van der Waals surface area contributed by atoms with Crippen molar-refractivity contribution in [3.8, 4) is 40.1 Å². The van der Waals surface area contributed by atoms with E-state index in [1.165, 1.54) is 11.8 Å². The van der Waals surface area contributed by atoms with Gasteiger partial charge in [-0.2, -0.15) is 5.10 Å². The van der Waals surface area contributed by atoms with Crippen molar-refractivity contribution in [2.45, 2.75) is 11.8 Å². The molecule has 0 bridgehead atoms. The number of rotatable bonds is 13. The van der Waals surface area contributed by atoms with Gasteiger partial charge in [0.05, 0.1) is 33.3 Å². The summed E-state index contributed by atoms with van der Waals surface area (Å²) in [5, 5.41) is 13.5. The van der Waals surface area contributed by atoms with Crippen LogP contribution in [0, 0.1) is 0 Å². The van der Waals surface area contributed by atoms with E-state index in [4.69, 9.17) is 18.9 Å². The van der Waals surface area contributed by atoms with Crippen LogP contribution < -0.4 is 24.4 Å². The minimum atomic E-state index is -0.296. The molecule has 4 aromatic carbocycles. The topological polar surface area (TPSA) is 109 Å². The molecule has 1 amide bonds. The first-order valence-electron chi connectivity index (χ1n) is 13.6. The number of ether oxygens (including phenoxy) is 4. The standard InChI is InChI=1S/C33H31N5O5S/c1-40-27-17-15-25(19-29(27)42-3)32-36-37-33(38(32)26-12-8-5-9-13-26)44-22-31(39)35-34-20-24-14-16-28(41-2)30(18-24)43-21-23-10-6-4-7-11-23/h4-20H,21-22H2,1-3H3,(H,35,39). The first-order valence-corrected chi connectivity index (χ1v) is 14.6. The predicted octanol–water partition coefficient (Wildman–Crippen LogP) is 5.78. The Kier molecular flexibility index (Phi) is 10.1. The summed E-state index contributed by atoms with van der Waals surface area (Å²) in [5.74, 6) is 2.74. The molecule has 0 aliphatic carbocycles. The molecule has 44 heavy (non-hydrogen) atoms. The van der Waals surface area contributed by atoms with Crippen LogP contribution in [0.5, 0.6) is 23.0 Å². The van der Waals surface area contributed by atoms with Crippen LogP contribution >= 0.6 is 11.8 Å². The quantitative estimate of drug-likeness (QED) is 0.102. The molecule has 0 aliphatic rings. The molecule has 0 unspecified atom stereocenters. The van der Waals surface area contributed by atoms with Crippen LogP contribution in [-0.4, -0.2) is 54.0 Å². The SMILES string of the molecule is COc1ccc(-c2nnc(SCC(=O)NN=Cc3ccc(OC)c(OCc4ccccc4)c3)n2-c2ccccc2)cc1OC. The fraction of sp³-hybridized carbons (Fsp3) is 0.152. The van der Waals surface area contributed by atoms with Gasteiger partial charge in [-0.1, -0.05) is 60.3 Å². The summed E-state index contributed by atoms with van der Waals surface area (Å²) in [7, 11) is 4.76. The van der Waals surface area contributed by atoms with Crippen molar-refractivity contribution in [1.82, 2.24) is 20.2 Å². The lowest BCUT2D eigenvalue weighted by molar-refractivity contribution is -0.118. The second-order valence-electron chi connectivity index (χ2n) is 9.31. The van der Waals surface area contributed by atoms with Gasteiger partial charge in [0.25, 0.3) is 5.91 Å². The summed E-state index contributed by atoms with van der Waals surface area (Å²) in [6.45, 7) is 0.396. The molecule has 0 spiro atoms. The van der Waals surface area contributed by atoms with E-state index in [9.17, 15) is 4.79 Å². The fourth-order valence-electron chi connectivity index (χ4n) is 4.30. The molecular formula is C33H31N5O5S. The van der Waals surface area contributed by atoms with E-state index in [0.29, 0.717) is 40.6 Å². The van der Waals surface area contributed by atoms with Gasteiger partial charge < -0.3 is 18.9 Å². The van der Waals surface area contributed by atoms with Crippen molar-refractivity contribution in [1.29, 1.82) is 0 Å². The highest BCUT2D eigenvalue weighted by atomic mass is 32.2. The number of hydrogen-bond donors (Lipinski definition) is 1. The number of nitrogens with one attached hydrogen (secondary N) is 1. The second-order valence-corrected chi connectivity index (χ2v) is 10.3. The molecule has 0 saturated heterocycles. The maximum atomic E-state index is 12.7. The number of para-hydroxylation sites is 1. The van der Waals surface area contributed by atoms with Crippen LogP contribution in [0.4, 0.5) is 0 Å². The Balaban J connectivity index is 1.26. The molecule has 11 heteroatoms. The van der Waals surface area contributed by atoms with E-state index in [1.807, 2.05) is 95.6 Å². The van der Waals surface area contributed by atoms with Crippen LogP contribution in [0.3, 0.4) is 0 Å². The number of thioether (sulfide) groups is 1. The Bertz CT molecular complexity index is 1730.